The van der Waals surface area contributed by atoms with Crippen LogP contribution in [-0.4, -0.2) is 12.5 Å². The Bertz CT molecular complexity index is 713. The van der Waals surface area contributed by atoms with E-state index in [1.165, 1.54) is 0 Å². The molecule has 0 fully saturated rings. The Labute approximate surface area is 136 Å². The van der Waals surface area contributed by atoms with Crippen LogP contribution in [0.1, 0.15) is 26.4 Å². The van der Waals surface area contributed by atoms with Crippen LogP contribution in [0.4, 0.5) is 0 Å². The quantitative estimate of drug-likeness (QED) is 0.824. The van der Waals surface area contributed by atoms with Crippen molar-refractivity contribution in [3.05, 3.63) is 55.7 Å². The number of nitrogens with one attached hydrogen (secondary N) is 1. The lowest BCUT2D eigenvalue weighted by Gasteiger charge is -2.07. The molecule has 0 saturated heterocycles. The highest BCUT2D eigenvalue weighted by Gasteiger charge is 2.10. The number of nitrogens with two attached hydrogens (primary N) is 1. The van der Waals surface area contributed by atoms with Gasteiger partial charge in [0.15, 0.2) is 0 Å². The number of rotatable bonds is 3. The molecule has 0 radical (unpaired) electrons. The maximum Gasteiger partial charge on any atom is 0.252 e. The van der Waals surface area contributed by atoms with Crippen molar-refractivity contribution < 1.29 is 4.79 Å². The molecule has 0 aliphatic rings. The first-order valence-corrected chi connectivity index (χ1v) is 8.03. The molecule has 1 aromatic carbocycles. The van der Waals surface area contributed by atoms with Gasteiger partial charge in [-0.1, -0.05) is 17.9 Å². The van der Waals surface area contributed by atoms with Crippen molar-refractivity contribution in [3.8, 4) is 11.8 Å². The Kier molecular flexibility index (Phi) is 5.57. The molecule has 21 heavy (non-hydrogen) atoms. The standard InChI is InChI=1S/C16H15BrN2OS/c1-11-4-6-14(12(9-11)3-2-8-18)16(20)19-10-13-5-7-15(17)21-13/h4-7,9H,8,10,18H2,1H3,(H,19,20). The van der Waals surface area contributed by atoms with Gasteiger partial charge >= 0.3 is 0 Å². The molecule has 1 amide bonds. The van der Waals surface area contributed by atoms with Crippen LogP contribution in [0.3, 0.4) is 0 Å². The summed E-state index contributed by atoms with van der Waals surface area (Å²) in [4.78, 5) is 13.4. The average Bonchev–Trinajstić information content (AvgIpc) is 2.88. The highest BCUT2D eigenvalue weighted by Crippen LogP contribution is 2.22. The zero-order chi connectivity index (χ0) is 15.2. The maximum atomic E-state index is 12.3. The maximum absolute atomic E-state index is 12.3. The first kappa shape index (κ1) is 15.8. The lowest BCUT2D eigenvalue weighted by molar-refractivity contribution is 0.0951. The smallest absolute Gasteiger partial charge is 0.252 e. The molecule has 2 rings (SSSR count). The molecule has 0 unspecified atom stereocenters. The Morgan fingerprint density at radius 2 is 2.19 bits per heavy atom. The third-order valence-electron chi connectivity index (χ3n) is 2.80. The first-order valence-electron chi connectivity index (χ1n) is 6.42. The fraction of sp³-hybridized carbons (Fsp3) is 0.188. The third kappa shape index (κ3) is 4.43. The van der Waals surface area contributed by atoms with Gasteiger partial charge in [0.2, 0.25) is 0 Å². The van der Waals surface area contributed by atoms with Crippen molar-refractivity contribution in [2.75, 3.05) is 6.54 Å². The van der Waals surface area contributed by atoms with E-state index in [-0.39, 0.29) is 12.5 Å². The summed E-state index contributed by atoms with van der Waals surface area (Å²) < 4.78 is 1.05. The molecule has 108 valence electrons. The summed E-state index contributed by atoms with van der Waals surface area (Å²) in [5.74, 6) is 5.63. The minimum Gasteiger partial charge on any atom is -0.347 e. The Morgan fingerprint density at radius 3 is 2.86 bits per heavy atom. The molecule has 5 heteroatoms. The average molecular weight is 363 g/mol. The number of amides is 1. The molecule has 3 nitrogen and oxygen atoms in total. The predicted octanol–water partition coefficient (Wildman–Crippen LogP) is 3.06. The lowest BCUT2D eigenvalue weighted by Crippen LogP contribution is -2.23. The highest BCUT2D eigenvalue weighted by atomic mass is 79.9. The fourth-order valence-corrected chi connectivity index (χ4v) is 3.24. The minimum atomic E-state index is -0.124. The molecule has 1 aromatic heterocycles. The summed E-state index contributed by atoms with van der Waals surface area (Å²) in [5, 5.41) is 2.92. The lowest BCUT2D eigenvalue weighted by atomic mass is 10.0. The summed E-state index contributed by atoms with van der Waals surface area (Å²) in [6, 6.07) is 9.56. The molecule has 0 bridgehead atoms. The van der Waals surface area contributed by atoms with Gasteiger partial charge in [0.25, 0.3) is 5.91 Å². The van der Waals surface area contributed by atoms with E-state index in [9.17, 15) is 4.79 Å². The zero-order valence-electron chi connectivity index (χ0n) is 11.6. The number of benzene rings is 1. The number of hydrogen-bond donors (Lipinski definition) is 2. The van der Waals surface area contributed by atoms with Gasteiger partial charge in [0, 0.05) is 10.4 Å². The van der Waals surface area contributed by atoms with Crippen molar-refractivity contribution in [1.82, 2.24) is 5.32 Å². The van der Waals surface area contributed by atoms with Gasteiger partial charge < -0.3 is 11.1 Å². The molecular weight excluding hydrogens is 348 g/mol. The molecule has 0 atom stereocenters. The van der Waals surface area contributed by atoms with E-state index in [1.54, 1.807) is 17.4 Å². The summed E-state index contributed by atoms with van der Waals surface area (Å²) in [6.07, 6.45) is 0. The molecule has 2 aromatic rings. The van der Waals surface area contributed by atoms with Crippen LogP contribution in [0.5, 0.6) is 0 Å². The van der Waals surface area contributed by atoms with Crippen molar-refractivity contribution in [2.24, 2.45) is 5.73 Å². The molecule has 0 saturated carbocycles. The molecule has 1 heterocycles. The van der Waals surface area contributed by atoms with Gasteiger partial charge in [-0.05, 0) is 52.7 Å². The molecule has 3 N–H and O–H groups in total. The van der Waals surface area contributed by atoms with Gasteiger partial charge in [0.1, 0.15) is 0 Å². The third-order valence-corrected chi connectivity index (χ3v) is 4.42. The second kappa shape index (κ2) is 7.41. The largest absolute Gasteiger partial charge is 0.347 e. The minimum absolute atomic E-state index is 0.124. The van der Waals surface area contributed by atoms with Crippen molar-refractivity contribution >= 4 is 33.2 Å². The van der Waals surface area contributed by atoms with Crippen LogP contribution >= 0.6 is 27.3 Å². The fourth-order valence-electron chi connectivity index (χ4n) is 1.82. The number of carbonyl (C=O) groups excluding carboxylic acids is 1. The first-order chi connectivity index (χ1) is 10.1. The van der Waals surface area contributed by atoms with Crippen LogP contribution in [0.25, 0.3) is 0 Å². The predicted molar refractivity (Wildman–Crippen MR) is 90.3 cm³/mol. The van der Waals surface area contributed by atoms with E-state index < -0.39 is 0 Å². The highest BCUT2D eigenvalue weighted by molar-refractivity contribution is 9.11. The van der Waals surface area contributed by atoms with Crippen LogP contribution in [0.2, 0.25) is 0 Å². The normalized spacial score (nSPS) is 9.86. The zero-order valence-corrected chi connectivity index (χ0v) is 14.0. The second-order valence-electron chi connectivity index (χ2n) is 4.44. The summed E-state index contributed by atoms with van der Waals surface area (Å²) in [5.41, 5.74) is 7.76. The monoisotopic (exact) mass is 362 g/mol. The van der Waals surface area contributed by atoms with E-state index in [2.05, 4.69) is 33.1 Å². The van der Waals surface area contributed by atoms with E-state index in [0.717, 1.165) is 14.2 Å². The van der Waals surface area contributed by atoms with Crippen LogP contribution in [-0.2, 0) is 6.54 Å². The number of aryl methyl sites for hydroxylation is 1. The SMILES string of the molecule is Cc1ccc(C(=O)NCc2ccc(Br)s2)c(C#CCN)c1. The molecule has 0 spiro atoms. The van der Waals surface area contributed by atoms with Gasteiger partial charge in [-0.15, -0.1) is 11.3 Å². The summed E-state index contributed by atoms with van der Waals surface area (Å²) in [7, 11) is 0. The Balaban J connectivity index is 2.14. The topological polar surface area (TPSA) is 55.1 Å². The van der Waals surface area contributed by atoms with Gasteiger partial charge in [-0.2, -0.15) is 0 Å². The Morgan fingerprint density at radius 1 is 1.38 bits per heavy atom. The molecular formula is C16H15BrN2OS. The van der Waals surface area contributed by atoms with Crippen molar-refractivity contribution in [1.29, 1.82) is 0 Å². The van der Waals surface area contributed by atoms with E-state index in [0.29, 0.717) is 17.7 Å². The molecule has 0 aliphatic carbocycles. The number of carbonyl (C=O) groups is 1. The van der Waals surface area contributed by atoms with Gasteiger partial charge in [0.05, 0.1) is 22.4 Å². The number of hydrogen-bond acceptors (Lipinski definition) is 3. The van der Waals surface area contributed by atoms with E-state index >= 15 is 0 Å². The van der Waals surface area contributed by atoms with Crippen LogP contribution in [0, 0.1) is 18.8 Å². The number of thiophene rings is 1. The molecule has 0 aliphatic heterocycles. The summed E-state index contributed by atoms with van der Waals surface area (Å²) >= 11 is 5.01. The summed E-state index contributed by atoms with van der Waals surface area (Å²) in [6.45, 7) is 2.75. The van der Waals surface area contributed by atoms with E-state index in [1.807, 2.05) is 31.2 Å². The van der Waals surface area contributed by atoms with E-state index in [4.69, 9.17) is 5.73 Å². The van der Waals surface area contributed by atoms with Gasteiger partial charge in [-0.25, -0.2) is 0 Å². The Hall–Kier alpha value is -1.61. The van der Waals surface area contributed by atoms with Crippen LogP contribution < -0.4 is 11.1 Å². The van der Waals surface area contributed by atoms with Crippen molar-refractivity contribution in [3.63, 3.8) is 0 Å². The van der Waals surface area contributed by atoms with Crippen molar-refractivity contribution in [2.45, 2.75) is 13.5 Å². The number of halogens is 1. The second-order valence-corrected chi connectivity index (χ2v) is 6.99. The van der Waals surface area contributed by atoms with Gasteiger partial charge in [-0.3, -0.25) is 4.79 Å². The van der Waals surface area contributed by atoms with Crippen LogP contribution in [0.15, 0.2) is 34.1 Å².